The van der Waals surface area contributed by atoms with Gasteiger partial charge in [0.05, 0.1) is 12.7 Å². The Morgan fingerprint density at radius 1 is 1.23 bits per heavy atom. The van der Waals surface area contributed by atoms with Crippen molar-refractivity contribution in [1.82, 2.24) is 24.6 Å². The maximum Gasteiger partial charge on any atom is 0.139 e. The van der Waals surface area contributed by atoms with Gasteiger partial charge in [0.15, 0.2) is 0 Å². The Hall–Kier alpha value is -2.44. The highest BCUT2D eigenvalue weighted by Crippen LogP contribution is 2.28. The summed E-state index contributed by atoms with van der Waals surface area (Å²) in [5.41, 5.74) is 2.44. The number of nitrogens with zero attached hydrogens (tertiary/aromatic N) is 4. The van der Waals surface area contributed by atoms with Crippen molar-refractivity contribution in [2.24, 2.45) is 0 Å². The zero-order chi connectivity index (χ0) is 17.8. The maximum absolute atomic E-state index is 5.96. The van der Waals surface area contributed by atoms with Gasteiger partial charge in [-0.3, -0.25) is 4.68 Å². The fourth-order valence-corrected chi connectivity index (χ4v) is 3.50. The van der Waals surface area contributed by atoms with E-state index in [1.54, 1.807) is 0 Å². The molecule has 3 heterocycles. The number of imidazole rings is 1. The second-order valence-electron chi connectivity index (χ2n) is 6.67. The average molecular weight is 351 g/mol. The topological polar surface area (TPSA) is 56.9 Å². The molecule has 6 nitrogen and oxygen atoms in total. The Balaban J connectivity index is 1.36. The molecule has 3 aromatic rings. The quantitative estimate of drug-likeness (QED) is 0.711. The molecule has 6 heteroatoms. The summed E-state index contributed by atoms with van der Waals surface area (Å²) in [6, 6.07) is 10.7. The van der Waals surface area contributed by atoms with Crippen LogP contribution in [0.4, 0.5) is 0 Å². The van der Waals surface area contributed by atoms with Crippen molar-refractivity contribution in [2.75, 3.05) is 6.61 Å². The monoisotopic (exact) mass is 351 g/mol. The van der Waals surface area contributed by atoms with E-state index in [1.807, 2.05) is 29.3 Å². The van der Waals surface area contributed by atoms with Crippen LogP contribution in [0.15, 0.2) is 55.1 Å². The predicted octanol–water partition coefficient (Wildman–Crippen LogP) is 2.77. The van der Waals surface area contributed by atoms with Crippen LogP contribution in [0.25, 0.3) is 0 Å². The van der Waals surface area contributed by atoms with Crippen LogP contribution < -0.4 is 5.32 Å². The van der Waals surface area contributed by atoms with Gasteiger partial charge in [0.25, 0.3) is 0 Å². The summed E-state index contributed by atoms with van der Waals surface area (Å²) < 4.78 is 10.1. The smallest absolute Gasteiger partial charge is 0.139 e. The summed E-state index contributed by atoms with van der Waals surface area (Å²) in [6.07, 6.45) is 8.93. The Labute approximate surface area is 153 Å². The van der Waals surface area contributed by atoms with Crippen LogP contribution in [0.3, 0.4) is 0 Å². The lowest BCUT2D eigenvalue weighted by Gasteiger charge is -2.20. The second-order valence-corrected chi connectivity index (χ2v) is 6.67. The number of hydrogen-bond donors (Lipinski definition) is 1. The molecule has 1 saturated heterocycles. The molecular formula is C20H25N5O. The van der Waals surface area contributed by atoms with Crippen LogP contribution >= 0.6 is 0 Å². The number of benzene rings is 1. The number of hydrogen-bond acceptors (Lipinski definition) is 4. The third-order valence-electron chi connectivity index (χ3n) is 4.88. The van der Waals surface area contributed by atoms with Crippen molar-refractivity contribution in [3.05, 3.63) is 72.1 Å². The standard InChI is InChI=1S/C20H25N5O/c1-2-24-10-9-21-20(24)19-18(8-11-26-19)22-12-17-13-23-25(15-17)14-16-6-4-3-5-7-16/h3-7,9-10,13,15,18-19,22H,2,8,11-12,14H2,1H3/t18-,19-/m0/s1. The lowest BCUT2D eigenvalue weighted by Crippen LogP contribution is -2.32. The molecule has 0 radical (unpaired) electrons. The Morgan fingerprint density at radius 2 is 2.12 bits per heavy atom. The highest BCUT2D eigenvalue weighted by molar-refractivity contribution is 5.15. The van der Waals surface area contributed by atoms with E-state index in [4.69, 9.17) is 4.74 Å². The molecule has 0 spiro atoms. The van der Waals surface area contributed by atoms with E-state index in [2.05, 4.69) is 57.4 Å². The van der Waals surface area contributed by atoms with Crippen molar-refractivity contribution in [3.63, 3.8) is 0 Å². The average Bonchev–Trinajstić information content (AvgIpc) is 3.40. The van der Waals surface area contributed by atoms with Crippen LogP contribution in [0.5, 0.6) is 0 Å². The number of aryl methyl sites for hydroxylation is 1. The van der Waals surface area contributed by atoms with E-state index >= 15 is 0 Å². The summed E-state index contributed by atoms with van der Waals surface area (Å²) in [6.45, 7) is 5.39. The molecule has 0 amide bonds. The zero-order valence-electron chi connectivity index (χ0n) is 15.1. The van der Waals surface area contributed by atoms with Gasteiger partial charge in [-0.25, -0.2) is 4.98 Å². The summed E-state index contributed by atoms with van der Waals surface area (Å²) in [5, 5.41) is 8.12. The minimum absolute atomic E-state index is 0.0179. The molecule has 1 aliphatic heterocycles. The van der Waals surface area contributed by atoms with Crippen LogP contribution in [-0.2, 0) is 24.4 Å². The van der Waals surface area contributed by atoms with Crippen molar-refractivity contribution >= 4 is 0 Å². The minimum Gasteiger partial charge on any atom is -0.369 e. The summed E-state index contributed by atoms with van der Waals surface area (Å²) in [5.74, 6) is 1.02. The molecule has 0 saturated carbocycles. The van der Waals surface area contributed by atoms with E-state index in [-0.39, 0.29) is 12.1 Å². The lowest BCUT2D eigenvalue weighted by atomic mass is 10.1. The normalized spacial score (nSPS) is 19.9. The summed E-state index contributed by atoms with van der Waals surface area (Å²) >= 11 is 0. The molecular weight excluding hydrogens is 326 g/mol. The number of ether oxygens (including phenoxy) is 1. The summed E-state index contributed by atoms with van der Waals surface area (Å²) in [4.78, 5) is 4.51. The molecule has 0 aliphatic carbocycles. The van der Waals surface area contributed by atoms with Crippen LogP contribution in [0.2, 0.25) is 0 Å². The molecule has 1 aliphatic rings. The molecule has 4 rings (SSSR count). The first-order valence-electron chi connectivity index (χ1n) is 9.24. The molecule has 26 heavy (non-hydrogen) atoms. The number of rotatable bonds is 7. The van der Waals surface area contributed by atoms with Gasteiger partial charge in [-0.1, -0.05) is 30.3 Å². The lowest BCUT2D eigenvalue weighted by molar-refractivity contribution is 0.0886. The first-order valence-corrected chi connectivity index (χ1v) is 9.24. The largest absolute Gasteiger partial charge is 0.369 e. The van der Waals surface area contributed by atoms with Gasteiger partial charge in [0.1, 0.15) is 11.9 Å². The van der Waals surface area contributed by atoms with Crippen molar-refractivity contribution < 1.29 is 4.74 Å². The molecule has 0 bridgehead atoms. The summed E-state index contributed by atoms with van der Waals surface area (Å²) in [7, 11) is 0. The van der Waals surface area contributed by atoms with E-state index in [0.717, 1.165) is 38.5 Å². The molecule has 1 N–H and O–H groups in total. The molecule has 0 unspecified atom stereocenters. The van der Waals surface area contributed by atoms with Gasteiger partial charge in [0.2, 0.25) is 0 Å². The van der Waals surface area contributed by atoms with Crippen molar-refractivity contribution in [1.29, 1.82) is 0 Å². The van der Waals surface area contributed by atoms with E-state index in [0.29, 0.717) is 0 Å². The third kappa shape index (κ3) is 3.71. The predicted molar refractivity (Wildman–Crippen MR) is 99.6 cm³/mol. The zero-order valence-corrected chi connectivity index (χ0v) is 15.1. The highest BCUT2D eigenvalue weighted by atomic mass is 16.5. The van der Waals surface area contributed by atoms with Gasteiger partial charge >= 0.3 is 0 Å². The van der Waals surface area contributed by atoms with E-state index < -0.39 is 0 Å². The van der Waals surface area contributed by atoms with E-state index in [9.17, 15) is 0 Å². The van der Waals surface area contributed by atoms with Crippen molar-refractivity contribution in [2.45, 2.75) is 45.1 Å². The molecule has 1 fully saturated rings. The Kier molecular flexibility index (Phi) is 5.13. The second kappa shape index (κ2) is 7.85. The van der Waals surface area contributed by atoms with Crippen molar-refractivity contribution in [3.8, 4) is 0 Å². The fourth-order valence-electron chi connectivity index (χ4n) is 3.50. The van der Waals surface area contributed by atoms with Crippen LogP contribution in [-0.4, -0.2) is 32.0 Å². The van der Waals surface area contributed by atoms with E-state index in [1.165, 1.54) is 11.1 Å². The van der Waals surface area contributed by atoms with Gasteiger partial charge in [-0.2, -0.15) is 5.10 Å². The number of aromatic nitrogens is 4. The number of nitrogens with one attached hydrogen (secondary N) is 1. The first-order chi connectivity index (χ1) is 12.8. The molecule has 1 aromatic carbocycles. The Morgan fingerprint density at radius 3 is 2.96 bits per heavy atom. The molecule has 2 atom stereocenters. The first kappa shape index (κ1) is 17.0. The van der Waals surface area contributed by atoms with Gasteiger partial charge in [-0.05, 0) is 18.9 Å². The third-order valence-corrected chi connectivity index (χ3v) is 4.88. The highest BCUT2D eigenvalue weighted by Gasteiger charge is 2.32. The fraction of sp³-hybridized carbons (Fsp3) is 0.400. The van der Waals surface area contributed by atoms with Crippen LogP contribution in [0, 0.1) is 0 Å². The molecule has 136 valence electrons. The van der Waals surface area contributed by atoms with Gasteiger partial charge in [0, 0.05) is 49.9 Å². The minimum atomic E-state index is 0.0179. The Bertz CT molecular complexity index is 826. The van der Waals surface area contributed by atoms with Gasteiger partial charge < -0.3 is 14.6 Å². The maximum atomic E-state index is 5.96. The van der Waals surface area contributed by atoms with Gasteiger partial charge in [-0.15, -0.1) is 0 Å². The molecule has 2 aromatic heterocycles. The SMILES string of the molecule is CCn1ccnc1[C@H]1OCC[C@@H]1NCc1cnn(Cc2ccccc2)c1. The van der Waals surface area contributed by atoms with Crippen LogP contribution in [0.1, 0.15) is 36.4 Å².